The van der Waals surface area contributed by atoms with Gasteiger partial charge in [-0.25, -0.2) is 0 Å². The Balaban J connectivity index is 0. The molecule has 0 saturated heterocycles. The zero-order valence-corrected chi connectivity index (χ0v) is 11.7. The van der Waals surface area contributed by atoms with Crippen LogP contribution in [0, 0.1) is 13.8 Å². The Morgan fingerprint density at radius 3 is 0.938 bits per heavy atom. The molecule has 2 aromatic rings. The van der Waals surface area contributed by atoms with E-state index in [1.54, 1.807) is 0 Å². The third-order valence-corrected chi connectivity index (χ3v) is 1.69. The normalized spacial score (nSPS) is 7.50. The molecule has 1 nitrogen and oxygen atoms in total. The van der Waals surface area contributed by atoms with Gasteiger partial charge in [-0.15, -0.1) is 24.3 Å². The van der Waals surface area contributed by atoms with Gasteiger partial charge in [-0.2, -0.15) is 49.2 Å². The van der Waals surface area contributed by atoms with Crippen molar-refractivity contribution in [1.82, 2.24) is 0 Å². The van der Waals surface area contributed by atoms with Crippen LogP contribution in [0.5, 0.6) is 0 Å². The van der Waals surface area contributed by atoms with Crippen molar-refractivity contribution in [1.29, 1.82) is 0 Å². The molecule has 0 fully saturated rings. The molecule has 2 rings (SSSR count). The van der Waals surface area contributed by atoms with Crippen LogP contribution >= 0.6 is 0 Å². The van der Waals surface area contributed by atoms with Gasteiger partial charge >= 0.3 is 26.2 Å². The van der Waals surface area contributed by atoms with Crippen LogP contribution < -0.4 is 0 Å². The first-order chi connectivity index (χ1) is 6.79. The summed E-state index contributed by atoms with van der Waals surface area (Å²) in [4.78, 5) is 0. The van der Waals surface area contributed by atoms with Crippen LogP contribution in [0.25, 0.3) is 6.15 Å². The number of nitrogens with two attached hydrogens (primary N) is 1. The van der Waals surface area contributed by atoms with Crippen molar-refractivity contribution in [3.8, 4) is 0 Å². The molecule has 0 heterocycles. The first-order valence-electron chi connectivity index (χ1n) is 4.53. The van der Waals surface area contributed by atoms with Gasteiger partial charge in [0.15, 0.2) is 0 Å². The summed E-state index contributed by atoms with van der Waals surface area (Å²) in [6, 6.07) is 19.7. The summed E-state index contributed by atoms with van der Waals surface area (Å²) in [5.74, 6) is 0. The fraction of sp³-hybridized carbons (Fsp3) is 0. The molecule has 0 spiro atoms. The van der Waals surface area contributed by atoms with Crippen LogP contribution in [0.1, 0.15) is 11.1 Å². The van der Waals surface area contributed by atoms with E-state index in [-0.39, 0.29) is 32.4 Å². The van der Waals surface area contributed by atoms with Gasteiger partial charge in [-0.1, -0.05) is 12.1 Å². The topological polar surface area (TPSA) is 33.5 Å². The Kier molecular flexibility index (Phi) is 11.5. The fourth-order valence-electron chi connectivity index (χ4n) is 0.956. The van der Waals surface area contributed by atoms with Crippen LogP contribution in [0.2, 0.25) is 0 Å². The summed E-state index contributed by atoms with van der Waals surface area (Å²) >= 11 is 0. The number of benzene rings is 2. The van der Waals surface area contributed by atoms with E-state index in [1.807, 2.05) is 60.7 Å². The van der Waals surface area contributed by atoms with Crippen LogP contribution in [0.3, 0.4) is 0 Å². The van der Waals surface area contributed by atoms with Crippen molar-refractivity contribution < 1.29 is 26.2 Å². The summed E-state index contributed by atoms with van der Waals surface area (Å²) in [6.07, 6.45) is 0. The Bertz CT molecular complexity index is 308. The van der Waals surface area contributed by atoms with Crippen molar-refractivity contribution in [3.05, 3.63) is 91.8 Å². The summed E-state index contributed by atoms with van der Waals surface area (Å²) in [7, 11) is 0. The molecule has 0 saturated carbocycles. The molecular weight excluding hydrogens is 273 g/mol. The standard InChI is InChI=1S/2C7H7.H2N.Zr/c2*1-7-5-3-2-4-6-7;;/h2*2-6H,1H2;1H2;/q3*-1;+3. The van der Waals surface area contributed by atoms with Crippen molar-refractivity contribution in [3.63, 3.8) is 0 Å². The van der Waals surface area contributed by atoms with Crippen LogP contribution in [0.15, 0.2) is 60.7 Å². The Morgan fingerprint density at radius 1 is 0.562 bits per heavy atom. The van der Waals surface area contributed by atoms with E-state index in [4.69, 9.17) is 0 Å². The minimum atomic E-state index is 0. The van der Waals surface area contributed by atoms with E-state index >= 15 is 0 Å². The molecule has 2 aromatic carbocycles. The van der Waals surface area contributed by atoms with E-state index in [1.165, 1.54) is 0 Å². The molecule has 1 radical (unpaired) electrons. The monoisotopic (exact) mass is 288 g/mol. The third-order valence-electron chi connectivity index (χ3n) is 1.69. The quantitative estimate of drug-likeness (QED) is 0.642. The SMILES string of the molecule is [CH2-]c1ccccc1.[CH2-]c1ccccc1.[NH2-].[Zr+3]. The molecule has 81 valence electrons. The van der Waals surface area contributed by atoms with Crippen LogP contribution in [0.4, 0.5) is 0 Å². The number of hydrogen-bond acceptors (Lipinski definition) is 0. The van der Waals surface area contributed by atoms with Gasteiger partial charge in [0.2, 0.25) is 0 Å². The summed E-state index contributed by atoms with van der Waals surface area (Å²) in [5.41, 5.74) is 2.14. The third kappa shape index (κ3) is 8.34. The molecule has 0 unspecified atom stereocenters. The fourth-order valence-corrected chi connectivity index (χ4v) is 0.956. The molecular formula is C14H16NZr. The van der Waals surface area contributed by atoms with Gasteiger partial charge in [-0.05, 0) is 0 Å². The van der Waals surface area contributed by atoms with Gasteiger partial charge < -0.3 is 6.15 Å². The second-order valence-corrected chi connectivity index (χ2v) is 2.97. The van der Waals surface area contributed by atoms with Crippen molar-refractivity contribution >= 4 is 0 Å². The second kappa shape index (κ2) is 10.5. The maximum atomic E-state index is 3.72. The molecule has 0 aliphatic rings. The predicted octanol–water partition coefficient (Wildman–Crippen LogP) is 4.45. The molecule has 2 N–H and O–H groups in total. The predicted molar refractivity (Wildman–Crippen MR) is 67.1 cm³/mol. The smallest absolute Gasteiger partial charge is 0.693 e. The van der Waals surface area contributed by atoms with E-state index < -0.39 is 0 Å². The molecule has 0 bridgehead atoms. The summed E-state index contributed by atoms with van der Waals surface area (Å²) < 4.78 is 0. The molecule has 0 aromatic heterocycles. The zero-order valence-electron chi connectivity index (χ0n) is 9.27. The Hall–Kier alpha value is -0.977. The second-order valence-electron chi connectivity index (χ2n) is 2.97. The van der Waals surface area contributed by atoms with Crippen molar-refractivity contribution in [2.24, 2.45) is 0 Å². The van der Waals surface area contributed by atoms with Gasteiger partial charge in [0, 0.05) is 0 Å². The zero-order chi connectivity index (χ0) is 10.2. The van der Waals surface area contributed by atoms with Gasteiger partial charge in [0.25, 0.3) is 0 Å². The molecule has 2 heteroatoms. The first-order valence-corrected chi connectivity index (χ1v) is 4.53. The number of rotatable bonds is 0. The largest absolute Gasteiger partial charge is 3.00 e. The minimum Gasteiger partial charge on any atom is -0.693 e. The average Bonchev–Trinajstić information content (AvgIpc) is 2.21. The molecule has 0 aliphatic carbocycles. The van der Waals surface area contributed by atoms with E-state index in [0.29, 0.717) is 0 Å². The Morgan fingerprint density at radius 2 is 0.812 bits per heavy atom. The molecule has 0 atom stereocenters. The average molecular weight is 290 g/mol. The van der Waals surface area contributed by atoms with Crippen molar-refractivity contribution in [2.75, 3.05) is 0 Å². The molecule has 0 amide bonds. The van der Waals surface area contributed by atoms with E-state index in [2.05, 4.69) is 13.8 Å². The van der Waals surface area contributed by atoms with E-state index in [0.717, 1.165) is 11.1 Å². The maximum Gasteiger partial charge on any atom is 3.00 e. The maximum absolute atomic E-state index is 3.72. The van der Waals surface area contributed by atoms with Gasteiger partial charge in [0.1, 0.15) is 0 Å². The molecule has 16 heavy (non-hydrogen) atoms. The summed E-state index contributed by atoms with van der Waals surface area (Å²) in [5, 5.41) is 0. The Labute approximate surface area is 118 Å². The van der Waals surface area contributed by atoms with Crippen LogP contribution in [-0.4, -0.2) is 0 Å². The van der Waals surface area contributed by atoms with Gasteiger partial charge in [-0.3, -0.25) is 0 Å². The number of hydrogen-bond donors (Lipinski definition) is 0. The molecule has 0 aliphatic heterocycles. The van der Waals surface area contributed by atoms with E-state index in [9.17, 15) is 0 Å². The van der Waals surface area contributed by atoms with Crippen molar-refractivity contribution in [2.45, 2.75) is 0 Å². The van der Waals surface area contributed by atoms with Crippen LogP contribution in [-0.2, 0) is 26.2 Å². The first kappa shape index (κ1) is 17.4. The van der Waals surface area contributed by atoms with Gasteiger partial charge in [0.05, 0.1) is 0 Å². The minimum absolute atomic E-state index is 0. The summed E-state index contributed by atoms with van der Waals surface area (Å²) in [6.45, 7) is 7.44.